The number of nitrogens with zero attached hydrogens (tertiary/aromatic N) is 1. The molecule has 1 heterocycles. The molecule has 1 aliphatic rings. The van der Waals surface area contributed by atoms with Crippen molar-refractivity contribution >= 4 is 0 Å². The van der Waals surface area contributed by atoms with E-state index >= 15 is 0 Å². The second-order valence-electron chi connectivity index (χ2n) is 4.26. The van der Waals surface area contributed by atoms with E-state index in [9.17, 15) is 0 Å². The summed E-state index contributed by atoms with van der Waals surface area (Å²) in [6, 6.07) is 0. The molecule has 0 saturated heterocycles. The van der Waals surface area contributed by atoms with Crippen LogP contribution in [0.4, 0.5) is 0 Å². The van der Waals surface area contributed by atoms with Gasteiger partial charge in [0.2, 0.25) is 0 Å². The first-order chi connectivity index (χ1) is 7.35. The molecule has 0 unspecified atom stereocenters. The highest BCUT2D eigenvalue weighted by molar-refractivity contribution is 5.13. The SMILES string of the molecule is CCc1nc(C2CCC2)oc1CCNC. The van der Waals surface area contributed by atoms with Crippen LogP contribution in [0.5, 0.6) is 0 Å². The molecule has 3 nitrogen and oxygen atoms in total. The van der Waals surface area contributed by atoms with Crippen LogP contribution < -0.4 is 5.32 Å². The van der Waals surface area contributed by atoms with Crippen LogP contribution in [0.15, 0.2) is 4.42 Å². The van der Waals surface area contributed by atoms with E-state index in [4.69, 9.17) is 4.42 Å². The van der Waals surface area contributed by atoms with Crippen LogP contribution in [0, 0.1) is 0 Å². The Morgan fingerprint density at radius 3 is 2.80 bits per heavy atom. The van der Waals surface area contributed by atoms with Gasteiger partial charge in [0.15, 0.2) is 5.89 Å². The summed E-state index contributed by atoms with van der Waals surface area (Å²) in [5, 5.41) is 3.15. The quantitative estimate of drug-likeness (QED) is 0.806. The average Bonchev–Trinajstić information content (AvgIpc) is 2.55. The summed E-state index contributed by atoms with van der Waals surface area (Å²) in [4.78, 5) is 4.61. The monoisotopic (exact) mass is 208 g/mol. The summed E-state index contributed by atoms with van der Waals surface area (Å²) >= 11 is 0. The van der Waals surface area contributed by atoms with E-state index in [1.54, 1.807) is 0 Å². The molecule has 1 aromatic heterocycles. The van der Waals surface area contributed by atoms with Gasteiger partial charge in [-0.3, -0.25) is 0 Å². The standard InChI is InChI=1S/C12H20N2O/c1-3-10-11(7-8-13-2)15-12(14-10)9-5-4-6-9/h9,13H,3-8H2,1-2H3. The lowest BCUT2D eigenvalue weighted by atomic mass is 9.85. The van der Waals surface area contributed by atoms with Crippen LogP contribution in [0.1, 0.15) is 49.4 Å². The van der Waals surface area contributed by atoms with Crippen LogP contribution >= 0.6 is 0 Å². The predicted molar refractivity (Wildman–Crippen MR) is 60.1 cm³/mol. The van der Waals surface area contributed by atoms with Crippen molar-refractivity contribution in [1.29, 1.82) is 0 Å². The number of nitrogens with one attached hydrogen (secondary N) is 1. The van der Waals surface area contributed by atoms with Crippen LogP contribution in [0.3, 0.4) is 0 Å². The third-order valence-electron chi connectivity index (χ3n) is 3.19. The number of oxazole rings is 1. The van der Waals surface area contributed by atoms with Crippen molar-refractivity contribution in [3.63, 3.8) is 0 Å². The van der Waals surface area contributed by atoms with Crippen molar-refractivity contribution in [2.45, 2.75) is 44.9 Å². The molecule has 2 rings (SSSR count). The number of likely N-dealkylation sites (N-methyl/N-ethyl adjacent to an activating group) is 1. The van der Waals surface area contributed by atoms with Crippen molar-refractivity contribution in [3.05, 3.63) is 17.3 Å². The van der Waals surface area contributed by atoms with Crippen LogP contribution in [-0.2, 0) is 12.8 Å². The molecule has 1 N–H and O–H groups in total. The van der Waals surface area contributed by atoms with Gasteiger partial charge >= 0.3 is 0 Å². The lowest BCUT2D eigenvalue weighted by Crippen LogP contribution is -2.10. The van der Waals surface area contributed by atoms with Crippen LogP contribution in [0.25, 0.3) is 0 Å². The second kappa shape index (κ2) is 4.79. The smallest absolute Gasteiger partial charge is 0.197 e. The molecule has 1 fully saturated rings. The van der Waals surface area contributed by atoms with E-state index < -0.39 is 0 Å². The second-order valence-corrected chi connectivity index (χ2v) is 4.26. The summed E-state index contributed by atoms with van der Waals surface area (Å²) < 4.78 is 5.86. The maximum atomic E-state index is 5.86. The fraction of sp³-hybridized carbons (Fsp3) is 0.750. The molecule has 3 heteroatoms. The minimum Gasteiger partial charge on any atom is -0.445 e. The van der Waals surface area contributed by atoms with Gasteiger partial charge in [0, 0.05) is 18.9 Å². The van der Waals surface area contributed by atoms with E-state index in [0.29, 0.717) is 5.92 Å². The van der Waals surface area contributed by atoms with Crippen molar-refractivity contribution in [2.24, 2.45) is 0 Å². The van der Waals surface area contributed by atoms with Gasteiger partial charge in [-0.2, -0.15) is 0 Å². The number of aromatic nitrogens is 1. The fourth-order valence-electron chi connectivity index (χ4n) is 1.94. The number of rotatable bonds is 5. The van der Waals surface area contributed by atoms with Gasteiger partial charge in [-0.15, -0.1) is 0 Å². The van der Waals surface area contributed by atoms with Crippen molar-refractivity contribution < 1.29 is 4.42 Å². The van der Waals surface area contributed by atoms with Crippen molar-refractivity contribution in [2.75, 3.05) is 13.6 Å². The molecule has 15 heavy (non-hydrogen) atoms. The van der Waals surface area contributed by atoms with E-state index in [2.05, 4.69) is 17.2 Å². The molecule has 0 spiro atoms. The third-order valence-corrected chi connectivity index (χ3v) is 3.19. The first-order valence-corrected chi connectivity index (χ1v) is 5.98. The minimum atomic E-state index is 0.610. The summed E-state index contributed by atoms with van der Waals surface area (Å²) in [5.74, 6) is 2.69. The molecule has 0 amide bonds. The summed E-state index contributed by atoms with van der Waals surface area (Å²) in [5.41, 5.74) is 1.16. The molecular weight excluding hydrogens is 188 g/mol. The molecule has 0 radical (unpaired) electrons. The normalized spacial score (nSPS) is 16.7. The Morgan fingerprint density at radius 1 is 1.47 bits per heavy atom. The topological polar surface area (TPSA) is 38.1 Å². The number of aryl methyl sites for hydroxylation is 1. The Kier molecular flexibility index (Phi) is 3.41. The molecule has 84 valence electrons. The van der Waals surface area contributed by atoms with E-state index in [1.165, 1.54) is 19.3 Å². The maximum absolute atomic E-state index is 5.86. The number of hydrogen-bond acceptors (Lipinski definition) is 3. The first kappa shape index (κ1) is 10.7. The Balaban J connectivity index is 2.09. The van der Waals surface area contributed by atoms with Gasteiger partial charge in [-0.25, -0.2) is 4.98 Å². The highest BCUT2D eigenvalue weighted by atomic mass is 16.4. The Morgan fingerprint density at radius 2 is 2.27 bits per heavy atom. The van der Waals surface area contributed by atoms with Crippen molar-refractivity contribution in [3.8, 4) is 0 Å². The molecule has 0 aliphatic heterocycles. The average molecular weight is 208 g/mol. The molecule has 0 atom stereocenters. The van der Waals surface area contributed by atoms with E-state index in [0.717, 1.165) is 36.7 Å². The molecule has 1 saturated carbocycles. The van der Waals surface area contributed by atoms with Crippen molar-refractivity contribution in [1.82, 2.24) is 10.3 Å². The highest BCUT2D eigenvalue weighted by Crippen LogP contribution is 2.36. The van der Waals surface area contributed by atoms with Gasteiger partial charge in [-0.1, -0.05) is 13.3 Å². The lowest BCUT2D eigenvalue weighted by Gasteiger charge is -2.21. The van der Waals surface area contributed by atoms with Gasteiger partial charge in [-0.05, 0) is 26.3 Å². The molecular formula is C12H20N2O. The zero-order valence-electron chi connectivity index (χ0n) is 9.68. The Bertz CT molecular complexity index is 315. The minimum absolute atomic E-state index is 0.610. The zero-order chi connectivity index (χ0) is 10.7. The largest absolute Gasteiger partial charge is 0.445 e. The Labute approximate surface area is 91.3 Å². The summed E-state index contributed by atoms with van der Waals surface area (Å²) in [6.07, 6.45) is 5.79. The molecule has 0 aromatic carbocycles. The van der Waals surface area contributed by atoms with Gasteiger partial charge in [0.1, 0.15) is 5.76 Å². The molecule has 0 bridgehead atoms. The zero-order valence-corrected chi connectivity index (χ0v) is 9.68. The molecule has 1 aliphatic carbocycles. The van der Waals surface area contributed by atoms with Gasteiger partial charge < -0.3 is 9.73 Å². The fourth-order valence-corrected chi connectivity index (χ4v) is 1.94. The predicted octanol–water partition coefficient (Wildman–Crippen LogP) is 2.27. The van der Waals surface area contributed by atoms with Crippen LogP contribution in [-0.4, -0.2) is 18.6 Å². The van der Waals surface area contributed by atoms with E-state index in [-0.39, 0.29) is 0 Å². The van der Waals surface area contributed by atoms with Gasteiger partial charge in [0.25, 0.3) is 0 Å². The third kappa shape index (κ3) is 2.23. The maximum Gasteiger partial charge on any atom is 0.197 e. The number of hydrogen-bond donors (Lipinski definition) is 1. The first-order valence-electron chi connectivity index (χ1n) is 5.98. The van der Waals surface area contributed by atoms with Gasteiger partial charge in [0.05, 0.1) is 5.69 Å². The lowest BCUT2D eigenvalue weighted by molar-refractivity contribution is 0.324. The Hall–Kier alpha value is -0.830. The van der Waals surface area contributed by atoms with Crippen LogP contribution in [0.2, 0.25) is 0 Å². The summed E-state index contributed by atoms with van der Waals surface area (Å²) in [6.45, 7) is 3.11. The highest BCUT2D eigenvalue weighted by Gasteiger charge is 2.25. The van der Waals surface area contributed by atoms with E-state index in [1.807, 2.05) is 7.05 Å². The summed E-state index contributed by atoms with van der Waals surface area (Å²) in [7, 11) is 1.97. The molecule has 1 aromatic rings.